The van der Waals surface area contributed by atoms with Crippen LogP contribution in [0, 0.1) is 0 Å². The molecule has 0 spiro atoms. The van der Waals surface area contributed by atoms with Gasteiger partial charge in [-0.1, -0.05) is 5.21 Å². The van der Waals surface area contributed by atoms with Gasteiger partial charge in [0.15, 0.2) is 24.6 Å². The molecule has 5 atom stereocenters. The van der Waals surface area contributed by atoms with E-state index < -0.39 is 48.6 Å². The second-order valence-electron chi connectivity index (χ2n) is 9.60. The van der Waals surface area contributed by atoms with E-state index in [9.17, 15) is 14.4 Å². The van der Waals surface area contributed by atoms with Gasteiger partial charge in [0.1, 0.15) is 5.69 Å². The van der Waals surface area contributed by atoms with Crippen LogP contribution >= 0.6 is 0 Å². The van der Waals surface area contributed by atoms with E-state index in [0.717, 1.165) is 0 Å². The van der Waals surface area contributed by atoms with Crippen molar-refractivity contribution >= 4 is 17.9 Å². The number of carbonyl (C=O) groups is 3. The molecular weight excluding hydrogens is 574 g/mol. The zero-order chi connectivity index (χ0) is 31.5. The molecule has 1 fully saturated rings. The van der Waals surface area contributed by atoms with Crippen molar-refractivity contribution in [2.75, 3.05) is 59.5 Å². The van der Waals surface area contributed by atoms with Gasteiger partial charge in [0.05, 0.1) is 71.7 Å². The molecule has 5 unspecified atom stereocenters. The van der Waals surface area contributed by atoms with Gasteiger partial charge in [-0.05, 0) is 19.8 Å². The maximum atomic E-state index is 11.8. The number of aliphatic hydroxyl groups is 1. The summed E-state index contributed by atoms with van der Waals surface area (Å²) in [5.74, 6) is -1.85. The third kappa shape index (κ3) is 15.0. The number of carbonyl (C=O) groups excluding carboxylic acids is 3. The lowest BCUT2D eigenvalue weighted by Crippen LogP contribution is -2.61. The Morgan fingerprint density at radius 2 is 1.37 bits per heavy atom. The van der Waals surface area contributed by atoms with Gasteiger partial charge in [-0.25, -0.2) is 4.68 Å². The lowest BCUT2D eigenvalue weighted by molar-refractivity contribution is -0.300. The van der Waals surface area contributed by atoms with Crippen molar-refractivity contribution in [3.05, 3.63) is 11.9 Å². The number of hydrogen-bond donors (Lipinski definition) is 1. The van der Waals surface area contributed by atoms with Crippen LogP contribution in [0.1, 0.15) is 46.2 Å². The fraction of sp³-hybridized carbons (Fsp3) is 0.815. The highest BCUT2D eigenvalue weighted by atomic mass is 16.7. The fourth-order valence-corrected chi connectivity index (χ4v) is 4.06. The molecule has 1 aromatic heterocycles. The van der Waals surface area contributed by atoms with Crippen LogP contribution in [0.25, 0.3) is 0 Å². The van der Waals surface area contributed by atoms with Crippen LogP contribution in [-0.4, -0.2) is 128 Å². The van der Waals surface area contributed by atoms with Crippen molar-refractivity contribution < 1.29 is 62.1 Å². The normalized spacial score (nSPS) is 21.8. The summed E-state index contributed by atoms with van der Waals surface area (Å²) >= 11 is 0. The molecule has 0 aromatic carbocycles. The quantitative estimate of drug-likeness (QED) is 0.105. The standard InChI is InChI=1S/C27H45N3O13/c1-19-24(41-20(2)32)25(42-21(3)33)26(43-22(4)34)27(40-19)39-10-6-5-9-38-18-23-17-30(29-28-23)7-11-35-13-15-37-16-14-36-12-8-31/h17,19,24-27,31H,5-16,18H2,1-4H3. The minimum atomic E-state index is -1.12. The monoisotopic (exact) mass is 619 g/mol. The summed E-state index contributed by atoms with van der Waals surface area (Å²) in [6.45, 7) is 9.39. The van der Waals surface area contributed by atoms with Gasteiger partial charge in [-0.2, -0.15) is 0 Å². The number of nitrogens with zero attached hydrogens (tertiary/aromatic N) is 3. The Morgan fingerprint density at radius 3 is 2.02 bits per heavy atom. The van der Waals surface area contributed by atoms with Crippen LogP contribution in [0.2, 0.25) is 0 Å². The minimum Gasteiger partial charge on any atom is -0.456 e. The zero-order valence-electron chi connectivity index (χ0n) is 25.3. The summed E-state index contributed by atoms with van der Waals surface area (Å²) in [7, 11) is 0. The Morgan fingerprint density at radius 1 is 0.791 bits per heavy atom. The maximum Gasteiger partial charge on any atom is 0.303 e. The van der Waals surface area contributed by atoms with Gasteiger partial charge in [-0.3, -0.25) is 14.4 Å². The fourth-order valence-electron chi connectivity index (χ4n) is 4.06. The third-order valence-electron chi connectivity index (χ3n) is 5.88. The Labute approximate surface area is 251 Å². The summed E-state index contributed by atoms with van der Waals surface area (Å²) in [4.78, 5) is 35.1. The summed E-state index contributed by atoms with van der Waals surface area (Å²) in [6.07, 6.45) is -1.83. The van der Waals surface area contributed by atoms with E-state index in [1.54, 1.807) is 17.8 Å². The molecule has 0 amide bonds. The van der Waals surface area contributed by atoms with Gasteiger partial charge in [0, 0.05) is 34.0 Å². The molecule has 1 aromatic rings. The highest BCUT2D eigenvalue weighted by Crippen LogP contribution is 2.29. The van der Waals surface area contributed by atoms with Crippen molar-refractivity contribution in [3.8, 4) is 0 Å². The first-order chi connectivity index (χ1) is 20.7. The molecule has 1 saturated heterocycles. The first-order valence-corrected chi connectivity index (χ1v) is 14.3. The van der Waals surface area contributed by atoms with Gasteiger partial charge >= 0.3 is 17.9 Å². The smallest absolute Gasteiger partial charge is 0.303 e. The molecule has 2 heterocycles. The van der Waals surface area contributed by atoms with Crippen molar-refractivity contribution in [1.29, 1.82) is 0 Å². The predicted molar refractivity (Wildman–Crippen MR) is 145 cm³/mol. The number of hydrogen-bond acceptors (Lipinski definition) is 15. The molecule has 0 radical (unpaired) electrons. The number of esters is 3. The van der Waals surface area contributed by atoms with Crippen molar-refractivity contribution in [3.63, 3.8) is 0 Å². The van der Waals surface area contributed by atoms with Gasteiger partial charge in [-0.15, -0.1) is 5.10 Å². The number of rotatable bonds is 22. The topological polar surface area (TPSA) is 185 Å². The van der Waals surface area contributed by atoms with Crippen molar-refractivity contribution in [2.24, 2.45) is 0 Å². The molecule has 1 aliphatic heterocycles. The SMILES string of the molecule is CC(=O)OC1C(C)OC(OCCCCOCc2cn(CCOCCOCCOCCO)nn2)C(OC(C)=O)C1OC(C)=O. The Kier molecular flexibility index (Phi) is 17.9. The maximum absolute atomic E-state index is 11.8. The Bertz CT molecular complexity index is 947. The highest BCUT2D eigenvalue weighted by Gasteiger charge is 2.50. The third-order valence-corrected chi connectivity index (χ3v) is 5.88. The molecule has 246 valence electrons. The van der Waals surface area contributed by atoms with Crippen LogP contribution in [0.15, 0.2) is 6.20 Å². The van der Waals surface area contributed by atoms with E-state index in [0.29, 0.717) is 77.9 Å². The molecule has 0 aliphatic carbocycles. The number of aliphatic hydroxyl groups excluding tert-OH is 1. The number of aromatic nitrogens is 3. The molecule has 0 bridgehead atoms. The first kappa shape index (κ1) is 36.5. The first-order valence-electron chi connectivity index (χ1n) is 14.3. The highest BCUT2D eigenvalue weighted by molar-refractivity contribution is 5.68. The van der Waals surface area contributed by atoms with E-state index in [2.05, 4.69) is 10.3 Å². The van der Waals surface area contributed by atoms with Gasteiger partial charge in [0.2, 0.25) is 0 Å². The van der Waals surface area contributed by atoms with Crippen LogP contribution in [0.5, 0.6) is 0 Å². The molecule has 16 nitrogen and oxygen atoms in total. The van der Waals surface area contributed by atoms with Crippen molar-refractivity contribution in [2.45, 2.75) is 84.4 Å². The molecule has 43 heavy (non-hydrogen) atoms. The zero-order valence-corrected chi connectivity index (χ0v) is 25.3. The average molecular weight is 620 g/mol. The summed E-state index contributed by atoms with van der Waals surface area (Å²) in [6, 6.07) is 0. The average Bonchev–Trinajstić information content (AvgIpc) is 3.40. The molecule has 2 rings (SSSR count). The molecule has 1 aliphatic rings. The van der Waals surface area contributed by atoms with Gasteiger partial charge < -0.3 is 47.7 Å². The van der Waals surface area contributed by atoms with E-state index in [1.807, 2.05) is 0 Å². The van der Waals surface area contributed by atoms with E-state index in [-0.39, 0.29) is 13.2 Å². The van der Waals surface area contributed by atoms with Crippen LogP contribution in [0.4, 0.5) is 0 Å². The largest absolute Gasteiger partial charge is 0.456 e. The summed E-state index contributed by atoms with van der Waals surface area (Å²) in [5, 5.41) is 16.8. The lowest BCUT2D eigenvalue weighted by atomic mass is 9.99. The van der Waals surface area contributed by atoms with E-state index in [4.69, 9.17) is 47.7 Å². The van der Waals surface area contributed by atoms with Gasteiger partial charge in [0.25, 0.3) is 0 Å². The molecule has 16 heteroatoms. The van der Waals surface area contributed by atoms with E-state index >= 15 is 0 Å². The number of unbranched alkanes of at least 4 members (excludes halogenated alkanes) is 1. The Balaban J connectivity index is 1.64. The predicted octanol–water partition coefficient (Wildman–Crippen LogP) is 0.174. The lowest BCUT2D eigenvalue weighted by Gasteiger charge is -2.43. The molecular formula is C27H45N3O13. The summed E-state index contributed by atoms with van der Waals surface area (Å²) in [5.41, 5.74) is 0.690. The van der Waals surface area contributed by atoms with Crippen LogP contribution < -0.4 is 0 Å². The van der Waals surface area contributed by atoms with Crippen molar-refractivity contribution in [1.82, 2.24) is 15.0 Å². The van der Waals surface area contributed by atoms with Crippen LogP contribution in [-0.2, 0) is 70.2 Å². The van der Waals surface area contributed by atoms with Crippen LogP contribution in [0.3, 0.4) is 0 Å². The molecule has 1 N–H and O–H groups in total. The second kappa shape index (κ2) is 21.1. The Hall–Kier alpha value is -2.73. The number of ether oxygens (including phenoxy) is 9. The molecule has 0 saturated carbocycles. The second-order valence-corrected chi connectivity index (χ2v) is 9.60. The van der Waals surface area contributed by atoms with E-state index in [1.165, 1.54) is 20.8 Å². The summed E-state index contributed by atoms with van der Waals surface area (Å²) < 4.78 is 51.0. The minimum absolute atomic E-state index is 0.00183.